The second-order valence-corrected chi connectivity index (χ2v) is 7.89. The fraction of sp³-hybridized carbons (Fsp3) is 0.842. The maximum Gasteiger partial charge on any atom is 0.331 e. The van der Waals surface area contributed by atoms with E-state index in [0.717, 1.165) is 32.1 Å². The maximum atomic E-state index is 13.0. The Hall–Kier alpha value is -1.39. The molecule has 1 N–H and O–H groups in total. The number of carbonyl (C=O) groups is 3. The summed E-state index contributed by atoms with van der Waals surface area (Å²) in [6.07, 6.45) is 5.71. The molecule has 0 aliphatic heterocycles. The summed E-state index contributed by atoms with van der Waals surface area (Å²) in [7, 11) is 1.38. The lowest BCUT2D eigenvalue weighted by atomic mass is 9.68. The van der Waals surface area contributed by atoms with E-state index in [1.165, 1.54) is 7.11 Å². The van der Waals surface area contributed by atoms with Crippen LogP contribution in [0.5, 0.6) is 0 Å². The number of fused-ring (bicyclic) bond motifs is 1. The van der Waals surface area contributed by atoms with E-state index in [-0.39, 0.29) is 35.5 Å². The van der Waals surface area contributed by atoms with Gasteiger partial charge in [-0.1, -0.05) is 26.7 Å². The molecule has 3 aliphatic carbocycles. The Balaban J connectivity index is 1.76. The van der Waals surface area contributed by atoms with Crippen LogP contribution in [0.4, 0.5) is 0 Å². The van der Waals surface area contributed by atoms with Crippen molar-refractivity contribution in [3.8, 4) is 0 Å². The number of Topliss-reactive ketones (excluding diaryl/α,β-unsaturated/α-hetero) is 1. The quantitative estimate of drug-likeness (QED) is 0.784. The van der Waals surface area contributed by atoms with Gasteiger partial charge >= 0.3 is 5.97 Å². The lowest BCUT2D eigenvalue weighted by Gasteiger charge is -2.37. The molecule has 3 fully saturated rings. The highest BCUT2D eigenvalue weighted by Gasteiger charge is 2.62. The minimum atomic E-state index is -0.822. The third kappa shape index (κ3) is 2.76. The summed E-state index contributed by atoms with van der Waals surface area (Å²) in [4.78, 5) is 37.4. The number of hydrogen-bond donors (Lipinski definition) is 1. The van der Waals surface area contributed by atoms with Crippen molar-refractivity contribution in [1.82, 2.24) is 5.32 Å². The average Bonchev–Trinajstić information content (AvgIpc) is 3.19. The Bertz CT molecular complexity index is 545. The minimum Gasteiger partial charge on any atom is -0.467 e. The van der Waals surface area contributed by atoms with Crippen molar-refractivity contribution < 1.29 is 19.1 Å². The van der Waals surface area contributed by atoms with Gasteiger partial charge < -0.3 is 10.1 Å². The molecule has 6 atom stereocenters. The van der Waals surface area contributed by atoms with Crippen LogP contribution in [0.1, 0.15) is 58.8 Å². The summed E-state index contributed by atoms with van der Waals surface area (Å²) < 4.78 is 4.94. The van der Waals surface area contributed by atoms with Crippen molar-refractivity contribution in [2.45, 2.75) is 64.3 Å². The predicted octanol–water partition coefficient (Wildman–Crippen LogP) is 2.48. The molecule has 0 heterocycles. The van der Waals surface area contributed by atoms with Gasteiger partial charge in [0.25, 0.3) is 0 Å². The molecule has 0 aromatic carbocycles. The van der Waals surface area contributed by atoms with Gasteiger partial charge in [0.1, 0.15) is 11.3 Å². The SMILES string of the molecule is CC[C@H]1C[C@@H]2C(=O)CC[C@H]2[C@H](C(=O)N[C@@]2(C(=O)OC)C[C@@H]2CC)C1. The van der Waals surface area contributed by atoms with Crippen molar-refractivity contribution >= 4 is 17.7 Å². The second kappa shape index (κ2) is 6.49. The van der Waals surface area contributed by atoms with Crippen LogP contribution in [0.25, 0.3) is 0 Å². The van der Waals surface area contributed by atoms with E-state index in [9.17, 15) is 14.4 Å². The fourth-order valence-corrected chi connectivity index (χ4v) is 5.12. The molecule has 1 amide bonds. The predicted molar refractivity (Wildman–Crippen MR) is 89.0 cm³/mol. The van der Waals surface area contributed by atoms with Crippen molar-refractivity contribution in [3.63, 3.8) is 0 Å². The first-order chi connectivity index (χ1) is 11.5. The molecule has 24 heavy (non-hydrogen) atoms. The molecule has 5 nitrogen and oxygen atoms in total. The average molecular weight is 335 g/mol. The van der Waals surface area contributed by atoms with Crippen LogP contribution in [0, 0.1) is 29.6 Å². The van der Waals surface area contributed by atoms with E-state index >= 15 is 0 Å². The molecule has 134 valence electrons. The van der Waals surface area contributed by atoms with Gasteiger partial charge in [-0.15, -0.1) is 0 Å². The van der Waals surface area contributed by atoms with E-state index in [1.807, 2.05) is 6.92 Å². The number of amides is 1. The van der Waals surface area contributed by atoms with Crippen LogP contribution in [0.3, 0.4) is 0 Å². The van der Waals surface area contributed by atoms with Gasteiger partial charge in [0.15, 0.2) is 0 Å². The molecule has 0 aromatic rings. The lowest BCUT2D eigenvalue weighted by Crippen LogP contribution is -2.50. The number of hydrogen-bond acceptors (Lipinski definition) is 4. The number of ether oxygens (including phenoxy) is 1. The molecule has 3 aliphatic rings. The minimum absolute atomic E-state index is 0.0424. The topological polar surface area (TPSA) is 72.5 Å². The molecule has 0 radical (unpaired) electrons. The number of rotatable bonds is 5. The summed E-state index contributed by atoms with van der Waals surface area (Å²) in [6.45, 7) is 4.16. The van der Waals surface area contributed by atoms with Gasteiger partial charge in [-0.25, -0.2) is 4.79 Å². The van der Waals surface area contributed by atoms with Gasteiger partial charge in [-0.05, 0) is 43.4 Å². The number of nitrogens with one attached hydrogen (secondary N) is 1. The van der Waals surface area contributed by atoms with Gasteiger partial charge in [0.05, 0.1) is 7.11 Å². The Morgan fingerprint density at radius 3 is 2.58 bits per heavy atom. The third-order valence-electron chi connectivity index (χ3n) is 6.75. The summed E-state index contributed by atoms with van der Waals surface area (Å²) in [5.41, 5.74) is -0.822. The van der Waals surface area contributed by atoms with Crippen molar-refractivity contribution in [3.05, 3.63) is 0 Å². The molecule has 0 saturated heterocycles. The summed E-state index contributed by atoms with van der Waals surface area (Å²) in [5, 5.41) is 3.04. The van der Waals surface area contributed by atoms with Gasteiger partial charge in [0, 0.05) is 18.3 Å². The van der Waals surface area contributed by atoms with Gasteiger partial charge in [0.2, 0.25) is 5.91 Å². The van der Waals surface area contributed by atoms with Crippen LogP contribution in [0.15, 0.2) is 0 Å². The van der Waals surface area contributed by atoms with Gasteiger partial charge in [-0.3, -0.25) is 9.59 Å². The molecule has 0 unspecified atom stereocenters. The molecule has 3 rings (SSSR count). The summed E-state index contributed by atoms with van der Waals surface area (Å²) in [5.74, 6) is 0.628. The van der Waals surface area contributed by atoms with Crippen molar-refractivity contribution in [2.24, 2.45) is 29.6 Å². The number of carbonyl (C=O) groups excluding carboxylic acids is 3. The zero-order chi connectivity index (χ0) is 17.5. The largest absolute Gasteiger partial charge is 0.467 e. The number of esters is 1. The molecule has 3 saturated carbocycles. The van der Waals surface area contributed by atoms with Crippen molar-refractivity contribution in [1.29, 1.82) is 0 Å². The summed E-state index contributed by atoms with van der Waals surface area (Å²) in [6, 6.07) is 0. The highest BCUT2D eigenvalue weighted by molar-refractivity contribution is 5.93. The number of ketones is 1. The summed E-state index contributed by atoms with van der Waals surface area (Å²) >= 11 is 0. The van der Waals surface area contributed by atoms with Crippen LogP contribution in [0.2, 0.25) is 0 Å². The Morgan fingerprint density at radius 1 is 1.25 bits per heavy atom. The van der Waals surface area contributed by atoms with Crippen LogP contribution >= 0.6 is 0 Å². The Morgan fingerprint density at radius 2 is 2.00 bits per heavy atom. The smallest absolute Gasteiger partial charge is 0.331 e. The van der Waals surface area contributed by atoms with E-state index in [4.69, 9.17) is 4.74 Å². The zero-order valence-corrected chi connectivity index (χ0v) is 15.0. The molecular weight excluding hydrogens is 306 g/mol. The second-order valence-electron chi connectivity index (χ2n) is 7.89. The molecule has 0 bridgehead atoms. The first-order valence-corrected chi connectivity index (χ1v) is 9.39. The lowest BCUT2D eigenvalue weighted by molar-refractivity contribution is -0.148. The Kier molecular flexibility index (Phi) is 4.71. The van der Waals surface area contributed by atoms with Crippen LogP contribution in [-0.2, 0) is 19.1 Å². The zero-order valence-electron chi connectivity index (χ0n) is 15.0. The van der Waals surface area contributed by atoms with E-state index in [1.54, 1.807) is 0 Å². The standard InChI is InChI=1S/C19H29NO4/c1-4-11-8-14-13(6-7-16(14)21)15(9-11)17(22)20-19(18(23)24-3)10-12(19)5-2/h11-15H,4-10H2,1-3H3,(H,20,22)/t11-,12-,13+,14-,15+,19-/m0/s1. The monoisotopic (exact) mass is 335 g/mol. The van der Waals surface area contributed by atoms with E-state index in [0.29, 0.717) is 24.5 Å². The van der Waals surface area contributed by atoms with Gasteiger partial charge in [-0.2, -0.15) is 0 Å². The highest BCUT2D eigenvalue weighted by Crippen LogP contribution is 2.50. The first-order valence-electron chi connectivity index (χ1n) is 9.39. The van der Waals surface area contributed by atoms with E-state index in [2.05, 4.69) is 12.2 Å². The maximum absolute atomic E-state index is 13.0. The molecule has 0 spiro atoms. The van der Waals surface area contributed by atoms with E-state index < -0.39 is 5.54 Å². The molecule has 5 heteroatoms. The number of methoxy groups -OCH3 is 1. The molecule has 0 aromatic heterocycles. The van der Waals surface area contributed by atoms with Crippen molar-refractivity contribution in [2.75, 3.05) is 7.11 Å². The van der Waals surface area contributed by atoms with Crippen LogP contribution in [-0.4, -0.2) is 30.3 Å². The first kappa shape index (κ1) is 17.4. The highest BCUT2D eigenvalue weighted by atomic mass is 16.5. The van der Waals surface area contributed by atoms with Crippen LogP contribution < -0.4 is 5.32 Å². The Labute approximate surface area is 143 Å². The third-order valence-corrected chi connectivity index (χ3v) is 6.75. The fourth-order valence-electron chi connectivity index (χ4n) is 5.12. The normalized spacial score (nSPS) is 40.8. The molecular formula is C19H29NO4.